The van der Waals surface area contributed by atoms with Crippen molar-refractivity contribution >= 4 is 17.5 Å². The van der Waals surface area contributed by atoms with Crippen LogP contribution >= 0.6 is 0 Å². The van der Waals surface area contributed by atoms with Gasteiger partial charge in [0.1, 0.15) is 11.6 Å². The monoisotopic (exact) mass is 433 g/mol. The van der Waals surface area contributed by atoms with Gasteiger partial charge in [0, 0.05) is 23.9 Å². The predicted octanol–water partition coefficient (Wildman–Crippen LogP) is 4.80. The van der Waals surface area contributed by atoms with Crippen molar-refractivity contribution in [3.63, 3.8) is 0 Å². The molecule has 4 aromatic rings. The van der Waals surface area contributed by atoms with Gasteiger partial charge in [-0.2, -0.15) is 0 Å². The van der Waals surface area contributed by atoms with Crippen LogP contribution in [0, 0.1) is 11.6 Å². The van der Waals surface area contributed by atoms with E-state index in [0.29, 0.717) is 11.3 Å². The number of nitrogens with one attached hydrogen (secondary N) is 2. The standard InChI is InChI=1S/C24H17F2N3O3/c25-17-7-4-6-16(12-17)23(30)28-18-8-3-5-15(11-18)14-27-24(31)21-13-22(32-29-21)19-9-1-2-10-20(19)26/h1-13H,14H2,(H,27,31)(H,28,30). The summed E-state index contributed by atoms with van der Waals surface area (Å²) in [5.41, 5.74) is 1.63. The number of hydrogen-bond acceptors (Lipinski definition) is 4. The second kappa shape index (κ2) is 9.22. The first-order valence-corrected chi connectivity index (χ1v) is 9.65. The Morgan fingerprint density at radius 3 is 2.50 bits per heavy atom. The number of carbonyl (C=O) groups excluding carboxylic acids is 2. The van der Waals surface area contributed by atoms with E-state index in [1.165, 1.54) is 36.4 Å². The molecule has 6 nitrogen and oxygen atoms in total. The van der Waals surface area contributed by atoms with Crippen molar-refractivity contribution in [3.8, 4) is 11.3 Å². The van der Waals surface area contributed by atoms with E-state index in [0.717, 1.165) is 6.07 Å². The topological polar surface area (TPSA) is 84.2 Å². The lowest BCUT2D eigenvalue weighted by molar-refractivity contribution is 0.0941. The molecule has 0 saturated carbocycles. The molecular formula is C24H17F2N3O3. The van der Waals surface area contributed by atoms with E-state index in [-0.39, 0.29) is 29.1 Å². The highest BCUT2D eigenvalue weighted by molar-refractivity contribution is 6.04. The minimum absolute atomic E-state index is 0.0128. The van der Waals surface area contributed by atoms with E-state index >= 15 is 0 Å². The Kier molecular flexibility index (Phi) is 6.03. The largest absolute Gasteiger partial charge is 0.355 e. The van der Waals surface area contributed by atoms with Crippen LogP contribution in [0.4, 0.5) is 14.5 Å². The van der Waals surface area contributed by atoms with Crippen LogP contribution in [0.3, 0.4) is 0 Å². The molecule has 32 heavy (non-hydrogen) atoms. The van der Waals surface area contributed by atoms with E-state index in [9.17, 15) is 18.4 Å². The second-order valence-electron chi connectivity index (χ2n) is 6.90. The summed E-state index contributed by atoms with van der Waals surface area (Å²) in [6.07, 6.45) is 0. The van der Waals surface area contributed by atoms with E-state index in [1.54, 1.807) is 36.4 Å². The average molecular weight is 433 g/mol. The zero-order chi connectivity index (χ0) is 22.5. The van der Waals surface area contributed by atoms with E-state index in [4.69, 9.17) is 4.52 Å². The summed E-state index contributed by atoms with van der Waals surface area (Å²) in [5.74, 6) is -1.78. The van der Waals surface area contributed by atoms with Gasteiger partial charge in [0.15, 0.2) is 11.5 Å². The molecule has 0 atom stereocenters. The molecular weight excluding hydrogens is 416 g/mol. The fourth-order valence-corrected chi connectivity index (χ4v) is 3.04. The van der Waals surface area contributed by atoms with Crippen molar-refractivity contribution < 1.29 is 22.9 Å². The zero-order valence-corrected chi connectivity index (χ0v) is 16.6. The summed E-state index contributed by atoms with van der Waals surface area (Å²) in [6, 6.07) is 19.6. The third-order valence-corrected chi connectivity index (χ3v) is 4.61. The Morgan fingerprint density at radius 2 is 1.69 bits per heavy atom. The molecule has 1 heterocycles. The summed E-state index contributed by atoms with van der Waals surface area (Å²) >= 11 is 0. The van der Waals surface area contributed by atoms with Crippen molar-refractivity contribution in [3.05, 3.63) is 107 Å². The number of amides is 2. The molecule has 0 saturated heterocycles. The van der Waals surface area contributed by atoms with Gasteiger partial charge in [-0.25, -0.2) is 8.78 Å². The number of nitrogens with zero attached hydrogens (tertiary/aromatic N) is 1. The Balaban J connectivity index is 1.39. The maximum atomic E-state index is 13.9. The van der Waals surface area contributed by atoms with Crippen molar-refractivity contribution in [2.24, 2.45) is 0 Å². The first-order chi connectivity index (χ1) is 15.5. The molecule has 2 N–H and O–H groups in total. The van der Waals surface area contributed by atoms with Gasteiger partial charge in [-0.1, -0.05) is 35.5 Å². The number of aromatic nitrogens is 1. The van der Waals surface area contributed by atoms with Crippen molar-refractivity contribution in [2.75, 3.05) is 5.32 Å². The van der Waals surface area contributed by atoms with Crippen LogP contribution in [0.1, 0.15) is 26.4 Å². The number of carbonyl (C=O) groups is 2. The van der Waals surface area contributed by atoms with E-state index in [2.05, 4.69) is 15.8 Å². The van der Waals surface area contributed by atoms with Gasteiger partial charge in [0.05, 0.1) is 5.56 Å². The summed E-state index contributed by atoms with van der Waals surface area (Å²) in [4.78, 5) is 24.7. The number of anilines is 1. The van der Waals surface area contributed by atoms with Crippen LogP contribution in [-0.4, -0.2) is 17.0 Å². The van der Waals surface area contributed by atoms with Crippen LogP contribution in [0.5, 0.6) is 0 Å². The molecule has 0 spiro atoms. The van der Waals surface area contributed by atoms with Gasteiger partial charge in [0.2, 0.25) is 0 Å². The van der Waals surface area contributed by atoms with Crippen LogP contribution in [0.2, 0.25) is 0 Å². The first-order valence-electron chi connectivity index (χ1n) is 9.65. The molecule has 2 amide bonds. The van der Waals surface area contributed by atoms with Crippen LogP contribution in [-0.2, 0) is 6.54 Å². The Bertz CT molecular complexity index is 1290. The maximum Gasteiger partial charge on any atom is 0.273 e. The van der Waals surface area contributed by atoms with Crippen LogP contribution in [0.15, 0.2) is 83.4 Å². The third kappa shape index (κ3) is 4.86. The highest BCUT2D eigenvalue weighted by Gasteiger charge is 2.16. The van der Waals surface area contributed by atoms with Gasteiger partial charge in [-0.05, 0) is 48.0 Å². The van der Waals surface area contributed by atoms with Crippen molar-refractivity contribution in [1.29, 1.82) is 0 Å². The van der Waals surface area contributed by atoms with E-state index < -0.39 is 23.4 Å². The van der Waals surface area contributed by atoms with Crippen LogP contribution in [0.25, 0.3) is 11.3 Å². The fourth-order valence-electron chi connectivity index (χ4n) is 3.04. The smallest absolute Gasteiger partial charge is 0.273 e. The molecule has 0 radical (unpaired) electrons. The number of benzene rings is 3. The minimum atomic E-state index is -0.500. The van der Waals surface area contributed by atoms with Gasteiger partial charge < -0.3 is 15.2 Å². The maximum absolute atomic E-state index is 13.9. The molecule has 4 rings (SSSR count). The molecule has 160 valence electrons. The van der Waals surface area contributed by atoms with Crippen molar-refractivity contribution in [1.82, 2.24) is 10.5 Å². The SMILES string of the molecule is O=C(Nc1cccc(CNC(=O)c2cc(-c3ccccc3F)on2)c1)c1cccc(F)c1. The lowest BCUT2D eigenvalue weighted by atomic mass is 10.1. The Labute approximate surface area is 181 Å². The Morgan fingerprint density at radius 1 is 0.875 bits per heavy atom. The summed E-state index contributed by atoms with van der Waals surface area (Å²) in [5, 5.41) is 9.09. The number of hydrogen-bond donors (Lipinski definition) is 2. The summed E-state index contributed by atoms with van der Waals surface area (Å²) < 4.78 is 32.3. The molecule has 0 unspecified atom stereocenters. The molecule has 0 bridgehead atoms. The first kappa shape index (κ1) is 20.9. The van der Waals surface area contributed by atoms with Gasteiger partial charge >= 0.3 is 0 Å². The molecule has 3 aromatic carbocycles. The third-order valence-electron chi connectivity index (χ3n) is 4.61. The highest BCUT2D eigenvalue weighted by atomic mass is 19.1. The summed E-state index contributed by atoms with van der Waals surface area (Å²) in [6.45, 7) is 0.157. The molecule has 8 heteroatoms. The average Bonchev–Trinajstić information content (AvgIpc) is 3.28. The fraction of sp³-hybridized carbons (Fsp3) is 0.0417. The lowest BCUT2D eigenvalue weighted by Crippen LogP contribution is -2.23. The molecule has 0 fully saturated rings. The number of halogens is 2. The minimum Gasteiger partial charge on any atom is -0.355 e. The summed E-state index contributed by atoms with van der Waals surface area (Å²) in [7, 11) is 0. The molecule has 0 aliphatic rings. The van der Waals surface area contributed by atoms with Crippen molar-refractivity contribution in [2.45, 2.75) is 6.54 Å². The quantitative estimate of drug-likeness (QED) is 0.457. The van der Waals surface area contributed by atoms with Gasteiger partial charge in [0.25, 0.3) is 11.8 Å². The van der Waals surface area contributed by atoms with E-state index in [1.807, 2.05) is 0 Å². The highest BCUT2D eigenvalue weighted by Crippen LogP contribution is 2.23. The van der Waals surface area contributed by atoms with Gasteiger partial charge in [-0.3, -0.25) is 9.59 Å². The molecule has 1 aromatic heterocycles. The lowest BCUT2D eigenvalue weighted by Gasteiger charge is -2.08. The predicted molar refractivity (Wildman–Crippen MR) is 114 cm³/mol. The second-order valence-corrected chi connectivity index (χ2v) is 6.90. The molecule has 0 aliphatic heterocycles. The van der Waals surface area contributed by atoms with Crippen LogP contribution < -0.4 is 10.6 Å². The number of rotatable bonds is 6. The van der Waals surface area contributed by atoms with Gasteiger partial charge in [-0.15, -0.1) is 0 Å². The zero-order valence-electron chi connectivity index (χ0n) is 16.6. The molecule has 0 aliphatic carbocycles. The normalized spacial score (nSPS) is 10.6. The Hall–Kier alpha value is -4.33.